The molecule has 0 spiro atoms. The van der Waals surface area contributed by atoms with E-state index in [9.17, 15) is 13.2 Å². The molecule has 0 radical (unpaired) electrons. The average Bonchev–Trinajstić information content (AvgIpc) is 2.35. The second-order valence-corrected chi connectivity index (χ2v) is 6.18. The van der Waals surface area contributed by atoms with Crippen molar-refractivity contribution >= 4 is 21.7 Å². The fourth-order valence-corrected chi connectivity index (χ4v) is 3.09. The zero-order valence-corrected chi connectivity index (χ0v) is 12.0. The summed E-state index contributed by atoms with van der Waals surface area (Å²) in [6.45, 7) is 3.07. The van der Waals surface area contributed by atoms with Gasteiger partial charge < -0.3 is 10.5 Å². The third kappa shape index (κ3) is 3.68. The summed E-state index contributed by atoms with van der Waals surface area (Å²) in [6.07, 6.45) is 0. The maximum atomic E-state index is 12.4. The highest BCUT2D eigenvalue weighted by Crippen LogP contribution is 2.19. The molecule has 6 nitrogen and oxygen atoms in total. The lowest BCUT2D eigenvalue weighted by Gasteiger charge is -2.24. The summed E-state index contributed by atoms with van der Waals surface area (Å²) in [5.74, 6) is -0.604. The largest absolute Gasteiger partial charge is 0.468 e. The number of anilines is 1. The summed E-state index contributed by atoms with van der Waals surface area (Å²) in [7, 11) is -2.53. The predicted molar refractivity (Wildman–Crippen MR) is 71.9 cm³/mol. The van der Waals surface area contributed by atoms with Crippen molar-refractivity contribution in [3.05, 3.63) is 24.3 Å². The number of hydrogen-bond donors (Lipinski definition) is 1. The van der Waals surface area contributed by atoms with E-state index >= 15 is 0 Å². The molecular formula is C12H18N2O4S. The Labute approximate surface area is 113 Å². The van der Waals surface area contributed by atoms with Gasteiger partial charge in [0.1, 0.15) is 6.54 Å². The molecule has 19 heavy (non-hydrogen) atoms. The topological polar surface area (TPSA) is 89.7 Å². The van der Waals surface area contributed by atoms with Gasteiger partial charge in [0.05, 0.1) is 12.0 Å². The van der Waals surface area contributed by atoms with E-state index in [1.807, 2.05) is 0 Å². The molecule has 1 aromatic rings. The van der Waals surface area contributed by atoms with Crippen molar-refractivity contribution in [2.24, 2.45) is 0 Å². The lowest BCUT2D eigenvalue weighted by Crippen LogP contribution is -2.40. The van der Waals surface area contributed by atoms with Crippen LogP contribution in [0.3, 0.4) is 0 Å². The molecule has 106 valence electrons. The normalized spacial score (nSPS) is 11.8. The van der Waals surface area contributed by atoms with Crippen LogP contribution in [0.5, 0.6) is 0 Å². The Bertz CT molecular complexity index is 537. The molecule has 1 aromatic carbocycles. The minimum absolute atomic E-state index is 0.0966. The van der Waals surface area contributed by atoms with Crippen LogP contribution >= 0.6 is 0 Å². The first-order valence-electron chi connectivity index (χ1n) is 5.73. The van der Waals surface area contributed by atoms with Crippen LogP contribution in [0.15, 0.2) is 29.2 Å². The summed E-state index contributed by atoms with van der Waals surface area (Å²) < 4.78 is 30.4. The van der Waals surface area contributed by atoms with Gasteiger partial charge in [0.2, 0.25) is 10.0 Å². The van der Waals surface area contributed by atoms with Gasteiger partial charge >= 0.3 is 5.97 Å². The first kappa shape index (κ1) is 15.5. The van der Waals surface area contributed by atoms with Gasteiger partial charge in [-0.15, -0.1) is 0 Å². The molecular weight excluding hydrogens is 268 g/mol. The van der Waals surface area contributed by atoms with Crippen LogP contribution in [0.4, 0.5) is 5.69 Å². The first-order valence-corrected chi connectivity index (χ1v) is 7.17. The summed E-state index contributed by atoms with van der Waals surface area (Å²) in [5, 5.41) is 0. The molecule has 0 aliphatic rings. The molecule has 0 bridgehead atoms. The van der Waals surface area contributed by atoms with Crippen LogP contribution in [0, 0.1) is 0 Å². The number of nitrogens with two attached hydrogens (primary N) is 1. The fraction of sp³-hybridized carbons (Fsp3) is 0.417. The molecule has 0 heterocycles. The molecule has 0 atom stereocenters. The Kier molecular flexibility index (Phi) is 4.90. The van der Waals surface area contributed by atoms with E-state index in [2.05, 4.69) is 4.74 Å². The van der Waals surface area contributed by atoms with E-state index in [-0.39, 0.29) is 17.5 Å². The van der Waals surface area contributed by atoms with Gasteiger partial charge in [0.15, 0.2) is 0 Å². The third-order valence-electron chi connectivity index (χ3n) is 2.58. The van der Waals surface area contributed by atoms with Crippen LogP contribution in [-0.2, 0) is 19.6 Å². The van der Waals surface area contributed by atoms with Crippen molar-refractivity contribution < 1.29 is 17.9 Å². The highest BCUT2D eigenvalue weighted by molar-refractivity contribution is 7.89. The smallest absolute Gasteiger partial charge is 0.321 e. The quantitative estimate of drug-likeness (QED) is 0.640. The van der Waals surface area contributed by atoms with Crippen molar-refractivity contribution in [2.45, 2.75) is 24.8 Å². The Morgan fingerprint density at radius 1 is 1.32 bits per heavy atom. The van der Waals surface area contributed by atoms with E-state index in [1.165, 1.54) is 31.4 Å². The summed E-state index contributed by atoms with van der Waals surface area (Å²) in [5.41, 5.74) is 6.00. The molecule has 1 rings (SSSR count). The van der Waals surface area contributed by atoms with Crippen molar-refractivity contribution in [3.63, 3.8) is 0 Å². The van der Waals surface area contributed by atoms with Crippen LogP contribution < -0.4 is 5.73 Å². The van der Waals surface area contributed by atoms with E-state index in [0.717, 1.165) is 4.31 Å². The van der Waals surface area contributed by atoms with Crippen molar-refractivity contribution in [1.29, 1.82) is 0 Å². The van der Waals surface area contributed by atoms with E-state index < -0.39 is 16.0 Å². The molecule has 0 aliphatic heterocycles. The van der Waals surface area contributed by atoms with Gasteiger partial charge in [-0.05, 0) is 38.1 Å². The lowest BCUT2D eigenvalue weighted by molar-refractivity contribution is -0.141. The number of nitrogen functional groups attached to an aromatic ring is 1. The second-order valence-electron chi connectivity index (χ2n) is 4.29. The van der Waals surface area contributed by atoms with Crippen LogP contribution in [0.1, 0.15) is 13.8 Å². The standard InChI is InChI=1S/C12H18N2O4S/c1-9(2)14(8-12(15)18-3)19(16,17)11-6-4-10(13)5-7-11/h4-7,9H,8,13H2,1-3H3. The van der Waals surface area contributed by atoms with Gasteiger partial charge in [-0.3, -0.25) is 4.79 Å². The van der Waals surface area contributed by atoms with E-state index in [0.29, 0.717) is 5.69 Å². The predicted octanol–water partition coefficient (Wildman–Crippen LogP) is 0.841. The van der Waals surface area contributed by atoms with Gasteiger partial charge in [0, 0.05) is 11.7 Å². The molecule has 0 fully saturated rings. The number of carbonyl (C=O) groups excluding carboxylic acids is 1. The number of nitrogens with zero attached hydrogens (tertiary/aromatic N) is 1. The van der Waals surface area contributed by atoms with Crippen molar-refractivity contribution in [2.75, 3.05) is 19.4 Å². The number of carbonyl (C=O) groups is 1. The first-order chi connectivity index (χ1) is 8.78. The van der Waals surface area contributed by atoms with Gasteiger partial charge in [-0.1, -0.05) is 0 Å². The van der Waals surface area contributed by atoms with Crippen LogP contribution in [-0.4, -0.2) is 38.4 Å². The summed E-state index contributed by atoms with van der Waals surface area (Å²) in [6, 6.07) is 5.48. The van der Waals surface area contributed by atoms with E-state index in [4.69, 9.17) is 5.73 Å². The van der Waals surface area contributed by atoms with Gasteiger partial charge in [-0.25, -0.2) is 8.42 Å². The zero-order chi connectivity index (χ0) is 14.6. The molecule has 7 heteroatoms. The number of ether oxygens (including phenoxy) is 1. The number of benzene rings is 1. The molecule has 0 aromatic heterocycles. The maximum absolute atomic E-state index is 12.4. The maximum Gasteiger partial charge on any atom is 0.321 e. The van der Waals surface area contributed by atoms with Crippen LogP contribution in [0.25, 0.3) is 0 Å². The number of rotatable bonds is 5. The Morgan fingerprint density at radius 2 is 1.84 bits per heavy atom. The minimum atomic E-state index is -3.75. The number of methoxy groups -OCH3 is 1. The lowest BCUT2D eigenvalue weighted by atomic mass is 10.3. The number of esters is 1. The SMILES string of the molecule is COC(=O)CN(C(C)C)S(=O)(=O)c1ccc(N)cc1. The molecule has 0 saturated heterocycles. The monoisotopic (exact) mass is 286 g/mol. The van der Waals surface area contributed by atoms with Crippen molar-refractivity contribution in [3.8, 4) is 0 Å². The highest BCUT2D eigenvalue weighted by Gasteiger charge is 2.29. The number of hydrogen-bond acceptors (Lipinski definition) is 5. The highest BCUT2D eigenvalue weighted by atomic mass is 32.2. The average molecular weight is 286 g/mol. The molecule has 2 N–H and O–H groups in total. The van der Waals surface area contributed by atoms with Crippen LogP contribution in [0.2, 0.25) is 0 Å². The van der Waals surface area contributed by atoms with Crippen molar-refractivity contribution in [1.82, 2.24) is 4.31 Å². The third-order valence-corrected chi connectivity index (χ3v) is 4.61. The minimum Gasteiger partial charge on any atom is -0.468 e. The summed E-state index contributed by atoms with van der Waals surface area (Å²) in [4.78, 5) is 11.4. The Balaban J connectivity index is 3.13. The second kappa shape index (κ2) is 6.03. The molecule has 0 saturated carbocycles. The Morgan fingerprint density at radius 3 is 2.26 bits per heavy atom. The summed E-state index contributed by atoms with van der Waals surface area (Å²) >= 11 is 0. The Hall–Kier alpha value is -1.60. The zero-order valence-electron chi connectivity index (χ0n) is 11.2. The number of sulfonamides is 1. The van der Waals surface area contributed by atoms with E-state index in [1.54, 1.807) is 13.8 Å². The van der Waals surface area contributed by atoms with Gasteiger partial charge in [0.25, 0.3) is 0 Å². The van der Waals surface area contributed by atoms with Gasteiger partial charge in [-0.2, -0.15) is 4.31 Å². The molecule has 0 aliphatic carbocycles. The molecule has 0 unspecified atom stereocenters. The molecule has 0 amide bonds. The fourth-order valence-electron chi connectivity index (χ4n) is 1.51.